The lowest BCUT2D eigenvalue weighted by atomic mass is 9.96. The van der Waals surface area contributed by atoms with Crippen LogP contribution in [0, 0.1) is 0 Å². The van der Waals surface area contributed by atoms with Crippen LogP contribution in [0.4, 0.5) is 11.6 Å². The molecule has 6 heteroatoms. The normalized spacial score (nSPS) is 17.0. The maximum absolute atomic E-state index is 5.35. The predicted octanol–water partition coefficient (Wildman–Crippen LogP) is 1.86. The molecule has 0 spiro atoms. The molecule has 112 valence electrons. The summed E-state index contributed by atoms with van der Waals surface area (Å²) in [7, 11) is 0. The molecule has 0 amide bonds. The van der Waals surface area contributed by atoms with Crippen LogP contribution in [-0.4, -0.2) is 47.8 Å². The van der Waals surface area contributed by atoms with Gasteiger partial charge in [0.05, 0.1) is 13.2 Å². The summed E-state index contributed by atoms with van der Waals surface area (Å²) in [5.41, 5.74) is 3.28. The van der Waals surface area contributed by atoms with E-state index in [0.29, 0.717) is 0 Å². The van der Waals surface area contributed by atoms with Crippen LogP contribution in [0.15, 0.2) is 6.07 Å². The van der Waals surface area contributed by atoms with Gasteiger partial charge < -0.3 is 15.5 Å². The molecule has 1 aromatic rings. The molecule has 1 aromatic heterocycles. The van der Waals surface area contributed by atoms with Crippen molar-refractivity contribution < 1.29 is 4.74 Å². The highest BCUT2D eigenvalue weighted by Gasteiger charge is 2.20. The summed E-state index contributed by atoms with van der Waals surface area (Å²) in [6.07, 6.45) is 0. The van der Waals surface area contributed by atoms with Crippen molar-refractivity contribution in [3.05, 3.63) is 11.9 Å². The van der Waals surface area contributed by atoms with Crippen molar-refractivity contribution in [3.8, 4) is 0 Å². The van der Waals surface area contributed by atoms with Gasteiger partial charge in [-0.2, -0.15) is 0 Å². The lowest BCUT2D eigenvalue weighted by molar-refractivity contribution is 0.0494. The number of hydrogen-bond donors (Lipinski definition) is 2. The fraction of sp³-hybridized carbons (Fsp3) is 0.714. The molecule has 2 N–H and O–H groups in total. The quantitative estimate of drug-likeness (QED) is 0.877. The molecule has 0 saturated carbocycles. The Morgan fingerprint density at radius 1 is 1.20 bits per heavy atom. The summed E-state index contributed by atoms with van der Waals surface area (Å²) in [6, 6.07) is 1.95. The van der Waals surface area contributed by atoms with Crippen molar-refractivity contribution in [1.82, 2.24) is 15.0 Å². The van der Waals surface area contributed by atoms with E-state index in [-0.39, 0.29) is 5.41 Å². The smallest absolute Gasteiger partial charge is 0.146 e. The van der Waals surface area contributed by atoms with Crippen LogP contribution in [0.3, 0.4) is 0 Å². The van der Waals surface area contributed by atoms with Crippen LogP contribution in [0.25, 0.3) is 0 Å². The van der Waals surface area contributed by atoms with Crippen LogP contribution >= 0.6 is 0 Å². The lowest BCUT2D eigenvalue weighted by Crippen LogP contribution is -2.40. The molecule has 0 unspecified atom stereocenters. The van der Waals surface area contributed by atoms with Gasteiger partial charge in [0, 0.05) is 31.1 Å². The third kappa shape index (κ3) is 4.05. The second kappa shape index (κ2) is 6.37. The highest BCUT2D eigenvalue weighted by molar-refractivity contribution is 5.47. The molecule has 1 saturated heterocycles. The second-order valence-electron chi connectivity index (χ2n) is 5.95. The number of hydrogen-bond acceptors (Lipinski definition) is 6. The Morgan fingerprint density at radius 3 is 2.45 bits per heavy atom. The summed E-state index contributed by atoms with van der Waals surface area (Å²) < 4.78 is 5.35. The molecule has 0 aliphatic carbocycles. The predicted molar refractivity (Wildman–Crippen MR) is 80.9 cm³/mol. The van der Waals surface area contributed by atoms with Crippen LogP contribution in [0.5, 0.6) is 0 Å². The van der Waals surface area contributed by atoms with Crippen LogP contribution in [-0.2, 0) is 10.2 Å². The summed E-state index contributed by atoms with van der Waals surface area (Å²) in [6.45, 7) is 12.5. The maximum Gasteiger partial charge on any atom is 0.146 e. The number of aromatic nitrogens is 2. The van der Waals surface area contributed by atoms with Crippen LogP contribution in [0.1, 0.15) is 33.5 Å². The molecule has 20 heavy (non-hydrogen) atoms. The first-order chi connectivity index (χ1) is 9.49. The molecule has 1 fully saturated rings. The van der Waals surface area contributed by atoms with Crippen molar-refractivity contribution in [2.24, 2.45) is 0 Å². The van der Waals surface area contributed by atoms with Gasteiger partial charge in [0.15, 0.2) is 0 Å². The van der Waals surface area contributed by atoms with Gasteiger partial charge in [-0.3, -0.25) is 0 Å². The number of rotatable bonds is 4. The van der Waals surface area contributed by atoms with Crippen molar-refractivity contribution in [2.45, 2.75) is 33.1 Å². The van der Waals surface area contributed by atoms with Crippen LogP contribution in [0.2, 0.25) is 0 Å². The first kappa shape index (κ1) is 15.0. The van der Waals surface area contributed by atoms with E-state index in [0.717, 1.165) is 50.3 Å². The van der Waals surface area contributed by atoms with Gasteiger partial charge in [0.1, 0.15) is 17.5 Å². The van der Waals surface area contributed by atoms with Crippen LogP contribution < -0.4 is 10.7 Å². The van der Waals surface area contributed by atoms with E-state index in [1.165, 1.54) is 0 Å². The van der Waals surface area contributed by atoms with Crippen molar-refractivity contribution in [3.63, 3.8) is 0 Å². The first-order valence-electron chi connectivity index (χ1n) is 7.22. The van der Waals surface area contributed by atoms with E-state index in [4.69, 9.17) is 4.74 Å². The van der Waals surface area contributed by atoms with E-state index >= 15 is 0 Å². The fourth-order valence-electron chi connectivity index (χ4n) is 1.95. The molecule has 2 heterocycles. The maximum atomic E-state index is 5.35. The van der Waals surface area contributed by atoms with Crippen molar-refractivity contribution in [1.29, 1.82) is 0 Å². The first-order valence-corrected chi connectivity index (χ1v) is 7.22. The van der Waals surface area contributed by atoms with Gasteiger partial charge in [-0.1, -0.05) is 20.8 Å². The lowest BCUT2D eigenvalue weighted by Gasteiger charge is -2.28. The Kier molecular flexibility index (Phi) is 4.77. The van der Waals surface area contributed by atoms with E-state index in [9.17, 15) is 0 Å². The van der Waals surface area contributed by atoms with Gasteiger partial charge >= 0.3 is 0 Å². The minimum absolute atomic E-state index is 0.0765. The molecule has 0 aromatic carbocycles. The van der Waals surface area contributed by atoms with Gasteiger partial charge in [0.25, 0.3) is 0 Å². The third-order valence-corrected chi connectivity index (χ3v) is 3.04. The average molecular weight is 279 g/mol. The van der Waals surface area contributed by atoms with E-state index in [1.54, 1.807) is 0 Å². The highest BCUT2D eigenvalue weighted by Crippen LogP contribution is 2.22. The van der Waals surface area contributed by atoms with E-state index in [1.807, 2.05) is 6.07 Å². The third-order valence-electron chi connectivity index (χ3n) is 3.04. The van der Waals surface area contributed by atoms with Crippen molar-refractivity contribution >= 4 is 11.6 Å². The number of nitrogens with one attached hydrogen (secondary N) is 2. The Morgan fingerprint density at radius 2 is 1.85 bits per heavy atom. The molecule has 6 nitrogen and oxygen atoms in total. The molecule has 1 aliphatic heterocycles. The van der Waals surface area contributed by atoms with Gasteiger partial charge in [-0.15, -0.1) is 0 Å². The standard InChI is InChI=1S/C14H25N5O/c1-5-15-11-10-12(17-13(16-11)14(2,3)4)18-19-6-8-20-9-7-19/h10H,5-9H2,1-4H3,(H2,15,16,17,18). The number of anilines is 2. The Labute approximate surface area is 120 Å². The Balaban J connectivity index is 2.19. The van der Waals surface area contributed by atoms with Gasteiger partial charge in [-0.05, 0) is 6.92 Å². The monoisotopic (exact) mass is 279 g/mol. The average Bonchev–Trinajstić information content (AvgIpc) is 2.39. The molecule has 1 aliphatic rings. The summed E-state index contributed by atoms with van der Waals surface area (Å²) in [5.74, 6) is 2.54. The zero-order chi connectivity index (χ0) is 14.6. The fourth-order valence-corrected chi connectivity index (χ4v) is 1.95. The highest BCUT2D eigenvalue weighted by atomic mass is 16.5. The zero-order valence-electron chi connectivity index (χ0n) is 12.9. The topological polar surface area (TPSA) is 62.3 Å². The Bertz CT molecular complexity index is 438. The van der Waals surface area contributed by atoms with Crippen molar-refractivity contribution in [2.75, 3.05) is 43.6 Å². The number of morpholine rings is 1. The zero-order valence-corrected chi connectivity index (χ0v) is 12.9. The number of hydrazine groups is 1. The number of nitrogens with zero attached hydrogens (tertiary/aromatic N) is 3. The molecule has 2 rings (SSSR count). The summed E-state index contributed by atoms with van der Waals surface area (Å²) >= 11 is 0. The molecule has 0 radical (unpaired) electrons. The number of ether oxygens (including phenoxy) is 1. The summed E-state index contributed by atoms with van der Waals surface area (Å²) in [5, 5.41) is 5.40. The molecular weight excluding hydrogens is 254 g/mol. The van der Waals surface area contributed by atoms with E-state index in [2.05, 4.69) is 53.4 Å². The minimum Gasteiger partial charge on any atom is -0.379 e. The summed E-state index contributed by atoms with van der Waals surface area (Å²) in [4.78, 5) is 9.22. The van der Waals surface area contributed by atoms with Gasteiger partial charge in [0.2, 0.25) is 0 Å². The second-order valence-corrected chi connectivity index (χ2v) is 5.95. The largest absolute Gasteiger partial charge is 0.379 e. The molecule has 0 atom stereocenters. The van der Waals surface area contributed by atoms with E-state index < -0.39 is 0 Å². The molecular formula is C14H25N5O. The minimum atomic E-state index is -0.0765. The SMILES string of the molecule is CCNc1cc(NN2CCOCC2)nc(C(C)(C)C)n1. The molecule has 0 bridgehead atoms. The Hall–Kier alpha value is -1.40. The van der Waals surface area contributed by atoms with Gasteiger partial charge in [-0.25, -0.2) is 15.0 Å².